The third kappa shape index (κ3) is 4.53. The molecule has 3 rings (SSSR count). The summed E-state index contributed by atoms with van der Waals surface area (Å²) in [6.45, 7) is 0.260. The van der Waals surface area contributed by atoms with Crippen LogP contribution in [0, 0.1) is 17.1 Å². The van der Waals surface area contributed by atoms with Gasteiger partial charge in [0, 0.05) is 24.2 Å². The molecule has 0 aromatic heterocycles. The van der Waals surface area contributed by atoms with E-state index in [4.69, 9.17) is 5.26 Å². The van der Waals surface area contributed by atoms with Gasteiger partial charge in [-0.3, -0.25) is 4.79 Å². The Morgan fingerprint density at radius 2 is 1.93 bits per heavy atom. The summed E-state index contributed by atoms with van der Waals surface area (Å²) in [4.78, 5) is 13.4. The molecule has 0 bridgehead atoms. The van der Waals surface area contributed by atoms with E-state index in [1.165, 1.54) is 6.07 Å². The standard InChI is InChI=1S/C22H24FN3O/c1-25-20-6-8-21(9-7-20)26(15-27)14-19-12-18(5-10-22(19)23)17-4-2-3-16(11-17)13-24/h2-5,10-12,15,20-21,25H,6-9,14H2,1H3. The van der Waals surface area contributed by atoms with Gasteiger partial charge in [0.2, 0.25) is 6.41 Å². The van der Waals surface area contributed by atoms with Gasteiger partial charge in [-0.05, 0) is 68.1 Å². The lowest BCUT2D eigenvalue weighted by Crippen LogP contribution is -2.40. The highest BCUT2D eigenvalue weighted by atomic mass is 19.1. The van der Waals surface area contributed by atoms with Crippen molar-refractivity contribution in [3.63, 3.8) is 0 Å². The fourth-order valence-electron chi connectivity index (χ4n) is 3.79. The van der Waals surface area contributed by atoms with E-state index in [0.717, 1.165) is 43.2 Å². The van der Waals surface area contributed by atoms with Crippen LogP contribution in [0.1, 0.15) is 36.8 Å². The van der Waals surface area contributed by atoms with Gasteiger partial charge in [-0.25, -0.2) is 4.39 Å². The predicted octanol–water partition coefficient (Wildman–Crippen LogP) is 3.85. The highest BCUT2D eigenvalue weighted by Crippen LogP contribution is 2.27. The SMILES string of the molecule is CNC1CCC(N(C=O)Cc2cc(-c3cccc(C#N)c3)ccc2F)CC1. The summed E-state index contributed by atoms with van der Waals surface area (Å²) < 4.78 is 14.4. The third-order valence-electron chi connectivity index (χ3n) is 5.43. The highest BCUT2D eigenvalue weighted by Gasteiger charge is 2.25. The second-order valence-electron chi connectivity index (χ2n) is 7.07. The summed E-state index contributed by atoms with van der Waals surface area (Å²) in [6.07, 6.45) is 4.74. The normalized spacial score (nSPS) is 19.3. The summed E-state index contributed by atoms with van der Waals surface area (Å²) in [5.74, 6) is -0.314. The van der Waals surface area contributed by atoms with Crippen LogP contribution in [0.25, 0.3) is 11.1 Å². The van der Waals surface area contributed by atoms with Crippen molar-refractivity contribution < 1.29 is 9.18 Å². The molecule has 2 aromatic carbocycles. The van der Waals surface area contributed by atoms with Gasteiger partial charge in [0.05, 0.1) is 11.6 Å². The van der Waals surface area contributed by atoms with Gasteiger partial charge in [-0.15, -0.1) is 0 Å². The number of nitrogens with zero attached hydrogens (tertiary/aromatic N) is 2. The topological polar surface area (TPSA) is 56.1 Å². The first kappa shape index (κ1) is 19.1. The Hall–Kier alpha value is -2.71. The molecule has 0 radical (unpaired) electrons. The average molecular weight is 365 g/mol. The van der Waals surface area contributed by atoms with Gasteiger partial charge in [-0.2, -0.15) is 5.26 Å². The Labute approximate surface area is 159 Å². The Morgan fingerprint density at radius 3 is 2.59 bits per heavy atom. The number of carbonyl (C=O) groups is 1. The van der Waals surface area contributed by atoms with Crippen molar-refractivity contribution in [2.75, 3.05) is 7.05 Å². The molecule has 2 aromatic rings. The van der Waals surface area contributed by atoms with Crippen LogP contribution in [0.4, 0.5) is 4.39 Å². The number of hydrogen-bond donors (Lipinski definition) is 1. The van der Waals surface area contributed by atoms with Crippen LogP contribution in [0.15, 0.2) is 42.5 Å². The molecule has 0 heterocycles. The van der Waals surface area contributed by atoms with E-state index >= 15 is 0 Å². The third-order valence-corrected chi connectivity index (χ3v) is 5.43. The molecule has 27 heavy (non-hydrogen) atoms. The zero-order valence-corrected chi connectivity index (χ0v) is 15.5. The minimum atomic E-state index is -0.314. The van der Waals surface area contributed by atoms with Crippen molar-refractivity contribution in [3.8, 4) is 17.2 Å². The van der Waals surface area contributed by atoms with Crippen LogP contribution in [0.3, 0.4) is 0 Å². The maximum Gasteiger partial charge on any atom is 0.210 e. The van der Waals surface area contributed by atoms with Crippen LogP contribution >= 0.6 is 0 Å². The second-order valence-corrected chi connectivity index (χ2v) is 7.07. The van der Waals surface area contributed by atoms with E-state index in [1.54, 1.807) is 29.2 Å². The Kier molecular flexibility index (Phi) is 6.20. The van der Waals surface area contributed by atoms with Gasteiger partial charge < -0.3 is 10.2 Å². The number of amides is 1. The number of halogens is 1. The van der Waals surface area contributed by atoms with E-state index in [1.807, 2.05) is 19.2 Å². The number of carbonyl (C=O) groups excluding carboxylic acids is 1. The molecule has 1 aliphatic carbocycles. The summed E-state index contributed by atoms with van der Waals surface area (Å²) >= 11 is 0. The Morgan fingerprint density at radius 1 is 1.19 bits per heavy atom. The largest absolute Gasteiger partial charge is 0.338 e. The van der Waals surface area contributed by atoms with E-state index in [-0.39, 0.29) is 18.4 Å². The van der Waals surface area contributed by atoms with Crippen LogP contribution in [-0.4, -0.2) is 30.4 Å². The molecule has 1 fully saturated rings. The minimum absolute atomic E-state index is 0.150. The smallest absolute Gasteiger partial charge is 0.210 e. The first-order chi connectivity index (χ1) is 13.1. The first-order valence-electron chi connectivity index (χ1n) is 9.32. The van der Waals surface area contributed by atoms with E-state index in [0.29, 0.717) is 17.2 Å². The fourth-order valence-corrected chi connectivity index (χ4v) is 3.79. The molecule has 0 spiro atoms. The van der Waals surface area contributed by atoms with Gasteiger partial charge >= 0.3 is 0 Å². The maximum atomic E-state index is 14.4. The van der Waals surface area contributed by atoms with E-state index < -0.39 is 0 Å². The molecule has 0 aliphatic heterocycles. The number of benzene rings is 2. The number of nitrogens with one attached hydrogen (secondary N) is 1. The van der Waals surface area contributed by atoms with Crippen LogP contribution in [0.2, 0.25) is 0 Å². The van der Waals surface area contributed by atoms with Crippen molar-refractivity contribution >= 4 is 6.41 Å². The first-order valence-corrected chi connectivity index (χ1v) is 9.32. The second kappa shape index (κ2) is 8.79. The summed E-state index contributed by atoms with van der Waals surface area (Å²) in [7, 11) is 1.96. The molecular formula is C22H24FN3O. The molecule has 0 atom stereocenters. The molecule has 0 unspecified atom stereocenters. The van der Waals surface area contributed by atoms with Gasteiger partial charge in [0.15, 0.2) is 0 Å². The zero-order valence-electron chi connectivity index (χ0n) is 15.5. The number of nitriles is 1. The minimum Gasteiger partial charge on any atom is -0.338 e. The Balaban J connectivity index is 1.79. The number of rotatable bonds is 6. The summed E-state index contributed by atoms with van der Waals surface area (Å²) in [5, 5.41) is 12.4. The zero-order chi connectivity index (χ0) is 19.2. The Bertz CT molecular complexity index is 838. The van der Waals surface area contributed by atoms with Crippen LogP contribution < -0.4 is 5.32 Å². The lowest BCUT2D eigenvalue weighted by atomic mass is 9.90. The molecule has 0 saturated heterocycles. The highest BCUT2D eigenvalue weighted by molar-refractivity contribution is 5.66. The molecule has 1 amide bonds. The number of hydrogen-bond acceptors (Lipinski definition) is 3. The quantitative estimate of drug-likeness (QED) is 0.791. The van der Waals surface area contributed by atoms with Gasteiger partial charge in [-0.1, -0.05) is 18.2 Å². The summed E-state index contributed by atoms with van der Waals surface area (Å²) in [6, 6.07) is 14.9. The van der Waals surface area contributed by atoms with E-state index in [2.05, 4.69) is 11.4 Å². The van der Waals surface area contributed by atoms with Crippen molar-refractivity contribution in [1.29, 1.82) is 5.26 Å². The monoisotopic (exact) mass is 365 g/mol. The summed E-state index contributed by atoms with van der Waals surface area (Å²) in [5.41, 5.74) is 2.77. The van der Waals surface area contributed by atoms with Crippen molar-refractivity contribution in [1.82, 2.24) is 10.2 Å². The fraction of sp³-hybridized carbons (Fsp3) is 0.364. The molecule has 1 N–H and O–H groups in total. The maximum absolute atomic E-state index is 14.4. The van der Waals surface area contributed by atoms with Crippen LogP contribution in [-0.2, 0) is 11.3 Å². The van der Waals surface area contributed by atoms with E-state index in [9.17, 15) is 9.18 Å². The predicted molar refractivity (Wildman–Crippen MR) is 103 cm³/mol. The molecule has 4 nitrogen and oxygen atoms in total. The molecule has 1 aliphatic rings. The molecule has 140 valence electrons. The van der Waals surface area contributed by atoms with Gasteiger partial charge in [0.25, 0.3) is 0 Å². The van der Waals surface area contributed by atoms with Crippen LogP contribution in [0.5, 0.6) is 0 Å². The molecule has 5 heteroatoms. The molecule has 1 saturated carbocycles. The lowest BCUT2D eigenvalue weighted by molar-refractivity contribution is -0.121. The van der Waals surface area contributed by atoms with Crippen molar-refractivity contribution in [3.05, 3.63) is 59.4 Å². The van der Waals surface area contributed by atoms with Gasteiger partial charge in [0.1, 0.15) is 5.82 Å². The van der Waals surface area contributed by atoms with Crippen molar-refractivity contribution in [2.45, 2.75) is 44.3 Å². The lowest BCUT2D eigenvalue weighted by Gasteiger charge is -2.34. The average Bonchev–Trinajstić information content (AvgIpc) is 2.73. The van der Waals surface area contributed by atoms with Crippen molar-refractivity contribution in [2.24, 2.45) is 0 Å². The molecular weight excluding hydrogens is 341 g/mol.